The first-order valence-electron chi connectivity index (χ1n) is 7.51. The first kappa shape index (κ1) is 20.8. The summed E-state index contributed by atoms with van der Waals surface area (Å²) in [6.07, 6.45) is -32.3. The van der Waals surface area contributed by atoms with Crippen LogP contribution >= 0.6 is 0 Å². The highest BCUT2D eigenvalue weighted by Gasteiger charge is 2.87. The highest BCUT2D eigenvalue weighted by molar-refractivity contribution is 5.21. The molecule has 3 rings (SSSR count). The van der Waals surface area contributed by atoms with Crippen LogP contribution in [0.25, 0.3) is 0 Å². The Morgan fingerprint density at radius 2 is 1.26 bits per heavy atom. The SMILES string of the molecule is FC(F)(F)C(OC1C[C@@H]2C[C@@H]1C1OC(C(F)(F)F)(C(F)(F)F)C12)C(F)(F)F. The van der Waals surface area contributed by atoms with E-state index in [1.165, 1.54) is 0 Å². The lowest BCUT2D eigenvalue weighted by Crippen LogP contribution is -2.76. The summed E-state index contributed by atoms with van der Waals surface area (Å²) in [5, 5.41) is 0. The van der Waals surface area contributed by atoms with Gasteiger partial charge < -0.3 is 9.47 Å². The largest absolute Gasteiger partial charge is 0.426 e. The van der Waals surface area contributed by atoms with Gasteiger partial charge in [0, 0.05) is 11.8 Å². The minimum atomic E-state index is -5.83. The molecule has 1 saturated heterocycles. The van der Waals surface area contributed by atoms with E-state index in [2.05, 4.69) is 9.47 Å². The van der Waals surface area contributed by atoms with Crippen LogP contribution in [-0.2, 0) is 9.47 Å². The molecule has 3 fully saturated rings. The average Bonchev–Trinajstić information content (AvgIpc) is 2.82. The Hall–Kier alpha value is -0.920. The van der Waals surface area contributed by atoms with E-state index in [4.69, 9.17) is 0 Å². The predicted octanol–water partition coefficient (Wildman–Crippen LogP) is 4.78. The molecule has 0 amide bonds. The van der Waals surface area contributed by atoms with Gasteiger partial charge in [-0.05, 0) is 18.8 Å². The normalized spacial score (nSPS) is 36.1. The standard InChI is InChI=1S/C13H10F12O2/c14-10(15,16)8(11(17,18)19)26-5-2-3-1-4(5)7-6(3)9(27-7,12(20,21)22)13(23,24)25/h3-8H,1-2H2/t3-,4-,5?,6?,7?/m0/s1. The van der Waals surface area contributed by atoms with Crippen molar-refractivity contribution in [1.82, 2.24) is 0 Å². The minimum Gasteiger partial charge on any atom is -0.357 e. The lowest BCUT2D eigenvalue weighted by atomic mass is 9.67. The van der Waals surface area contributed by atoms with Gasteiger partial charge in [0.25, 0.3) is 5.60 Å². The van der Waals surface area contributed by atoms with Gasteiger partial charge in [0.2, 0.25) is 6.10 Å². The zero-order valence-corrected chi connectivity index (χ0v) is 12.7. The van der Waals surface area contributed by atoms with Gasteiger partial charge in [-0.25, -0.2) is 0 Å². The molecule has 1 heterocycles. The van der Waals surface area contributed by atoms with Gasteiger partial charge in [0.05, 0.1) is 12.2 Å². The molecule has 27 heavy (non-hydrogen) atoms. The van der Waals surface area contributed by atoms with E-state index >= 15 is 0 Å². The molecule has 0 aromatic carbocycles. The van der Waals surface area contributed by atoms with Crippen LogP contribution in [0, 0.1) is 17.8 Å². The quantitative estimate of drug-likeness (QED) is 0.592. The molecule has 2 bridgehead atoms. The zero-order chi connectivity index (χ0) is 20.8. The van der Waals surface area contributed by atoms with Crippen molar-refractivity contribution >= 4 is 0 Å². The van der Waals surface area contributed by atoms with Gasteiger partial charge in [-0.2, -0.15) is 52.7 Å². The summed E-state index contributed by atoms with van der Waals surface area (Å²) in [6.45, 7) is 0. The number of hydrogen-bond donors (Lipinski definition) is 0. The first-order chi connectivity index (χ1) is 11.9. The predicted molar refractivity (Wildman–Crippen MR) is 60.2 cm³/mol. The second-order valence-corrected chi connectivity index (χ2v) is 6.87. The summed E-state index contributed by atoms with van der Waals surface area (Å²) < 4.78 is 162. The molecule has 2 nitrogen and oxygen atoms in total. The van der Waals surface area contributed by atoms with E-state index in [1.54, 1.807) is 0 Å². The first-order valence-corrected chi connectivity index (χ1v) is 7.51. The Balaban J connectivity index is 1.81. The monoisotopic (exact) mass is 426 g/mol. The fraction of sp³-hybridized carbons (Fsp3) is 1.00. The Morgan fingerprint density at radius 1 is 0.778 bits per heavy atom. The maximum absolute atomic E-state index is 13.1. The third-order valence-electron chi connectivity index (χ3n) is 5.41. The second-order valence-electron chi connectivity index (χ2n) is 6.87. The van der Waals surface area contributed by atoms with Crippen molar-refractivity contribution in [2.75, 3.05) is 0 Å². The molecule has 0 radical (unpaired) electrons. The van der Waals surface area contributed by atoms with E-state index in [0.29, 0.717) is 0 Å². The Kier molecular flexibility index (Phi) is 4.29. The molecule has 0 spiro atoms. The summed E-state index contributed by atoms with van der Waals surface area (Å²) in [5.74, 6) is -4.94. The molecule has 3 unspecified atom stereocenters. The van der Waals surface area contributed by atoms with Crippen LogP contribution in [0.2, 0.25) is 0 Å². The van der Waals surface area contributed by atoms with Gasteiger partial charge in [0.15, 0.2) is 0 Å². The van der Waals surface area contributed by atoms with Gasteiger partial charge in [-0.1, -0.05) is 0 Å². The summed E-state index contributed by atoms with van der Waals surface area (Å²) in [7, 11) is 0. The molecule has 0 aromatic rings. The van der Waals surface area contributed by atoms with Crippen LogP contribution in [0.15, 0.2) is 0 Å². The molecule has 158 valence electrons. The Bertz CT molecular complexity index is 554. The number of ether oxygens (including phenoxy) is 2. The van der Waals surface area contributed by atoms with Crippen LogP contribution in [0.5, 0.6) is 0 Å². The van der Waals surface area contributed by atoms with Crippen molar-refractivity contribution in [1.29, 1.82) is 0 Å². The number of rotatable bonds is 2. The van der Waals surface area contributed by atoms with Crippen molar-refractivity contribution in [3.05, 3.63) is 0 Å². The average molecular weight is 426 g/mol. The van der Waals surface area contributed by atoms with Gasteiger partial charge in [-0.15, -0.1) is 0 Å². The van der Waals surface area contributed by atoms with E-state index in [1.807, 2.05) is 0 Å². The van der Waals surface area contributed by atoms with Crippen LogP contribution in [0.4, 0.5) is 52.7 Å². The summed E-state index contributed by atoms with van der Waals surface area (Å²) >= 11 is 0. The fourth-order valence-corrected chi connectivity index (χ4v) is 4.53. The van der Waals surface area contributed by atoms with Crippen LogP contribution in [0.1, 0.15) is 12.8 Å². The maximum atomic E-state index is 13.1. The third-order valence-corrected chi connectivity index (χ3v) is 5.41. The van der Waals surface area contributed by atoms with Gasteiger partial charge in [0.1, 0.15) is 0 Å². The Morgan fingerprint density at radius 3 is 1.63 bits per heavy atom. The van der Waals surface area contributed by atoms with Crippen molar-refractivity contribution in [3.8, 4) is 0 Å². The molecular weight excluding hydrogens is 416 g/mol. The molecule has 2 aliphatic carbocycles. The van der Waals surface area contributed by atoms with Crippen molar-refractivity contribution in [2.45, 2.75) is 61.5 Å². The molecule has 3 aliphatic rings. The van der Waals surface area contributed by atoms with E-state index in [0.717, 1.165) is 0 Å². The van der Waals surface area contributed by atoms with Crippen LogP contribution in [0.3, 0.4) is 0 Å². The van der Waals surface area contributed by atoms with E-state index in [9.17, 15) is 52.7 Å². The highest BCUT2D eigenvalue weighted by Crippen LogP contribution is 2.69. The number of fused-ring (bicyclic) bond motifs is 5. The topological polar surface area (TPSA) is 18.5 Å². The molecule has 2 saturated carbocycles. The summed E-state index contributed by atoms with van der Waals surface area (Å²) in [5.41, 5.74) is -4.46. The summed E-state index contributed by atoms with van der Waals surface area (Å²) in [4.78, 5) is 0. The van der Waals surface area contributed by atoms with Crippen molar-refractivity contribution < 1.29 is 62.2 Å². The summed E-state index contributed by atoms with van der Waals surface area (Å²) in [6, 6.07) is 0. The van der Waals surface area contributed by atoms with Crippen LogP contribution in [-0.4, -0.2) is 48.6 Å². The molecule has 1 aliphatic heterocycles. The van der Waals surface area contributed by atoms with E-state index in [-0.39, 0.29) is 0 Å². The van der Waals surface area contributed by atoms with Crippen molar-refractivity contribution in [3.63, 3.8) is 0 Å². The van der Waals surface area contributed by atoms with E-state index < -0.39 is 79.2 Å². The lowest BCUT2D eigenvalue weighted by molar-refractivity contribution is -0.474. The third kappa shape index (κ3) is 2.88. The lowest BCUT2D eigenvalue weighted by Gasteiger charge is -2.57. The number of halogens is 12. The molecule has 0 aromatic heterocycles. The highest BCUT2D eigenvalue weighted by atomic mass is 19.4. The molecule has 14 heteroatoms. The number of alkyl halides is 12. The smallest absolute Gasteiger partial charge is 0.357 e. The van der Waals surface area contributed by atoms with Crippen LogP contribution < -0.4 is 0 Å². The number of hydrogen-bond acceptors (Lipinski definition) is 2. The van der Waals surface area contributed by atoms with Gasteiger partial charge >= 0.3 is 24.7 Å². The zero-order valence-electron chi connectivity index (χ0n) is 12.7. The minimum absolute atomic E-state index is 0.434. The van der Waals surface area contributed by atoms with Gasteiger partial charge in [-0.3, -0.25) is 0 Å². The maximum Gasteiger partial charge on any atom is 0.426 e. The molecule has 0 N–H and O–H groups in total. The molecule has 5 atom stereocenters. The second kappa shape index (κ2) is 5.57. The van der Waals surface area contributed by atoms with Crippen molar-refractivity contribution in [2.24, 2.45) is 17.8 Å². The Labute approximate surface area is 142 Å². The molecular formula is C13H10F12O2. The fourth-order valence-electron chi connectivity index (χ4n) is 4.53.